The van der Waals surface area contributed by atoms with Crippen molar-refractivity contribution in [3.63, 3.8) is 0 Å². The number of aliphatic hydroxyl groups excluding tert-OH is 1. The number of rotatable bonds is 7. The molecule has 0 spiro atoms. The van der Waals surface area contributed by atoms with E-state index >= 15 is 0 Å². The van der Waals surface area contributed by atoms with Crippen molar-refractivity contribution >= 4 is 11.9 Å². The Kier molecular flexibility index (Phi) is 6.77. The highest BCUT2D eigenvalue weighted by molar-refractivity contribution is 5.67. The molecule has 154 valence electrons. The second-order valence-electron chi connectivity index (χ2n) is 9.57. The van der Waals surface area contributed by atoms with Crippen LogP contribution in [0.2, 0.25) is 0 Å². The number of esters is 1. The number of hydrogen-bond acceptors (Lipinski definition) is 4. The maximum Gasteiger partial charge on any atom is 0.303 e. The number of fused-ring (bicyclic) bond motifs is 1. The summed E-state index contributed by atoms with van der Waals surface area (Å²) in [7, 11) is 0. The van der Waals surface area contributed by atoms with Crippen molar-refractivity contribution in [3.8, 4) is 0 Å². The van der Waals surface area contributed by atoms with E-state index in [1.807, 2.05) is 6.92 Å². The molecule has 5 nitrogen and oxygen atoms in total. The van der Waals surface area contributed by atoms with E-state index in [1.54, 1.807) is 0 Å². The minimum atomic E-state index is -0.746. The van der Waals surface area contributed by atoms with E-state index in [2.05, 4.69) is 26.8 Å². The fraction of sp³-hybridized carbons (Fsp3) is 0.818. The standard InChI is InChI=1S/C22H36O5/c1-14(10-20(25)26)6-8-18-15(2)7-9-19-21(4,13-27-16(3)23)11-17(24)12-22(18,19)5/h7,14,17-19,24H,6,8-13H2,1-5H3,(H,25,26). The Morgan fingerprint density at radius 1 is 1.33 bits per heavy atom. The monoisotopic (exact) mass is 380 g/mol. The van der Waals surface area contributed by atoms with E-state index in [9.17, 15) is 14.7 Å². The van der Waals surface area contributed by atoms with Crippen LogP contribution in [0.3, 0.4) is 0 Å². The molecule has 2 aliphatic rings. The Balaban J connectivity index is 2.23. The maximum absolute atomic E-state index is 11.4. The lowest BCUT2D eigenvalue weighted by molar-refractivity contribution is -0.159. The molecule has 0 bridgehead atoms. The average molecular weight is 381 g/mol. The van der Waals surface area contributed by atoms with Crippen LogP contribution in [0.15, 0.2) is 11.6 Å². The van der Waals surface area contributed by atoms with E-state index in [-0.39, 0.29) is 29.1 Å². The molecule has 2 aliphatic carbocycles. The Hall–Kier alpha value is -1.36. The zero-order chi connectivity index (χ0) is 20.4. The highest BCUT2D eigenvalue weighted by atomic mass is 16.5. The van der Waals surface area contributed by atoms with Gasteiger partial charge in [-0.2, -0.15) is 0 Å². The van der Waals surface area contributed by atoms with Gasteiger partial charge in [0.1, 0.15) is 0 Å². The fourth-order valence-electron chi connectivity index (χ4n) is 5.94. The third-order valence-corrected chi connectivity index (χ3v) is 7.11. The smallest absolute Gasteiger partial charge is 0.303 e. The summed E-state index contributed by atoms with van der Waals surface area (Å²) in [5.41, 5.74) is 1.02. The van der Waals surface area contributed by atoms with E-state index in [4.69, 9.17) is 9.84 Å². The molecule has 6 unspecified atom stereocenters. The van der Waals surface area contributed by atoms with Gasteiger partial charge in [0.05, 0.1) is 12.7 Å². The minimum absolute atomic E-state index is 0.0751. The van der Waals surface area contributed by atoms with Crippen LogP contribution >= 0.6 is 0 Å². The average Bonchev–Trinajstić information content (AvgIpc) is 2.50. The summed E-state index contributed by atoms with van der Waals surface area (Å²) in [6, 6.07) is 0. The first-order valence-electron chi connectivity index (χ1n) is 10.2. The number of carbonyl (C=O) groups excluding carboxylic acids is 1. The predicted octanol–water partition coefficient (Wildman–Crippen LogP) is 4.19. The third-order valence-electron chi connectivity index (χ3n) is 7.11. The maximum atomic E-state index is 11.4. The third kappa shape index (κ3) is 4.92. The zero-order valence-corrected chi connectivity index (χ0v) is 17.5. The number of carbonyl (C=O) groups is 2. The lowest BCUT2D eigenvalue weighted by atomic mass is 9.47. The van der Waals surface area contributed by atoms with Crippen molar-refractivity contribution in [2.75, 3.05) is 6.61 Å². The lowest BCUT2D eigenvalue weighted by Gasteiger charge is -2.58. The van der Waals surface area contributed by atoms with E-state index in [0.717, 1.165) is 25.7 Å². The molecule has 1 fully saturated rings. The second kappa shape index (κ2) is 8.34. The molecule has 0 radical (unpaired) electrons. The van der Waals surface area contributed by atoms with Gasteiger partial charge >= 0.3 is 11.9 Å². The van der Waals surface area contributed by atoms with E-state index in [1.165, 1.54) is 12.5 Å². The van der Waals surface area contributed by atoms with Gasteiger partial charge in [-0.1, -0.05) is 32.4 Å². The van der Waals surface area contributed by atoms with Crippen LogP contribution in [0.25, 0.3) is 0 Å². The Morgan fingerprint density at radius 2 is 2.00 bits per heavy atom. The van der Waals surface area contributed by atoms with Gasteiger partial charge in [-0.3, -0.25) is 9.59 Å². The topological polar surface area (TPSA) is 83.8 Å². The van der Waals surface area contributed by atoms with Gasteiger partial charge in [-0.05, 0) is 62.2 Å². The minimum Gasteiger partial charge on any atom is -0.481 e. The Labute approximate surface area is 163 Å². The molecule has 1 saturated carbocycles. The van der Waals surface area contributed by atoms with Crippen molar-refractivity contribution in [1.29, 1.82) is 0 Å². The highest BCUT2D eigenvalue weighted by Gasteiger charge is 2.56. The van der Waals surface area contributed by atoms with Crippen LogP contribution in [-0.4, -0.2) is 34.9 Å². The van der Waals surface area contributed by atoms with Gasteiger partial charge < -0.3 is 14.9 Å². The molecule has 0 aromatic heterocycles. The van der Waals surface area contributed by atoms with Crippen LogP contribution < -0.4 is 0 Å². The lowest BCUT2D eigenvalue weighted by Crippen LogP contribution is -2.55. The van der Waals surface area contributed by atoms with Crippen molar-refractivity contribution in [3.05, 3.63) is 11.6 Å². The SMILES string of the molecule is CC(=O)OCC1(C)CC(O)CC2(C)C(CCC(C)CC(=O)O)C(C)=CCC12. The Morgan fingerprint density at radius 3 is 2.59 bits per heavy atom. The fourth-order valence-corrected chi connectivity index (χ4v) is 5.94. The summed E-state index contributed by atoms with van der Waals surface area (Å²) in [6.07, 6.45) is 6.23. The number of aliphatic hydroxyl groups is 1. The molecule has 5 heteroatoms. The first-order chi connectivity index (χ1) is 12.5. The number of hydrogen-bond donors (Lipinski definition) is 2. The second-order valence-corrected chi connectivity index (χ2v) is 9.57. The van der Waals surface area contributed by atoms with Crippen LogP contribution in [0.5, 0.6) is 0 Å². The van der Waals surface area contributed by atoms with Crippen LogP contribution in [-0.2, 0) is 14.3 Å². The number of ether oxygens (including phenoxy) is 1. The summed E-state index contributed by atoms with van der Waals surface area (Å²) in [5, 5.41) is 19.7. The Bertz CT molecular complexity index is 598. The summed E-state index contributed by atoms with van der Waals surface area (Å²) >= 11 is 0. The van der Waals surface area contributed by atoms with Crippen LogP contribution in [0.4, 0.5) is 0 Å². The van der Waals surface area contributed by atoms with Crippen molar-refractivity contribution in [1.82, 2.24) is 0 Å². The normalized spacial score (nSPS) is 37.1. The van der Waals surface area contributed by atoms with Gasteiger partial charge in [0.25, 0.3) is 0 Å². The quantitative estimate of drug-likeness (QED) is 0.511. The summed E-state index contributed by atoms with van der Waals surface area (Å²) < 4.78 is 5.39. The van der Waals surface area contributed by atoms with Gasteiger partial charge in [0.15, 0.2) is 0 Å². The molecule has 6 atom stereocenters. The van der Waals surface area contributed by atoms with E-state index < -0.39 is 12.1 Å². The molecule has 0 amide bonds. The van der Waals surface area contributed by atoms with Crippen molar-refractivity contribution in [2.24, 2.45) is 28.6 Å². The van der Waals surface area contributed by atoms with Gasteiger partial charge in [0, 0.05) is 18.8 Å². The molecule has 0 heterocycles. The molecule has 0 aliphatic heterocycles. The number of carboxylic acid groups (broad SMARTS) is 1. The van der Waals surface area contributed by atoms with Crippen molar-refractivity contribution in [2.45, 2.75) is 79.2 Å². The number of aliphatic carboxylic acids is 1. The van der Waals surface area contributed by atoms with Crippen LogP contribution in [0, 0.1) is 28.6 Å². The molecule has 27 heavy (non-hydrogen) atoms. The number of allylic oxidation sites excluding steroid dienone is 2. The first-order valence-corrected chi connectivity index (χ1v) is 10.2. The molecule has 2 rings (SSSR count). The summed E-state index contributed by atoms with van der Waals surface area (Å²) in [6.45, 7) is 10.3. The van der Waals surface area contributed by atoms with Crippen molar-refractivity contribution < 1.29 is 24.5 Å². The first kappa shape index (κ1) is 21.9. The number of carboxylic acids is 1. The molecule has 0 aromatic rings. The highest BCUT2D eigenvalue weighted by Crippen LogP contribution is 2.60. The largest absolute Gasteiger partial charge is 0.481 e. The molecular weight excluding hydrogens is 344 g/mol. The molecule has 0 aromatic carbocycles. The van der Waals surface area contributed by atoms with Gasteiger partial charge in [-0.25, -0.2) is 0 Å². The summed E-state index contributed by atoms with van der Waals surface area (Å²) in [4.78, 5) is 22.4. The molecular formula is C22H36O5. The van der Waals surface area contributed by atoms with Gasteiger partial charge in [0.2, 0.25) is 0 Å². The van der Waals surface area contributed by atoms with Crippen LogP contribution in [0.1, 0.15) is 73.1 Å². The molecule has 2 N–H and O–H groups in total. The molecule has 0 saturated heterocycles. The predicted molar refractivity (Wildman–Crippen MR) is 104 cm³/mol. The zero-order valence-electron chi connectivity index (χ0n) is 17.5. The van der Waals surface area contributed by atoms with E-state index in [0.29, 0.717) is 24.9 Å². The summed E-state index contributed by atoms with van der Waals surface area (Å²) in [5.74, 6) is -0.236. The van der Waals surface area contributed by atoms with Gasteiger partial charge in [-0.15, -0.1) is 0 Å².